The molecule has 4 rings (SSSR count). The Morgan fingerprint density at radius 2 is 1.77 bits per heavy atom. The summed E-state index contributed by atoms with van der Waals surface area (Å²) in [6.45, 7) is 5.76. The average molecular weight is 465 g/mol. The van der Waals surface area contributed by atoms with Crippen LogP contribution in [0.4, 0.5) is 5.69 Å². The Morgan fingerprint density at radius 3 is 2.46 bits per heavy atom. The summed E-state index contributed by atoms with van der Waals surface area (Å²) < 4.78 is 11.5. The fraction of sp³-hybridized carbons (Fsp3) is 0.143. The number of nitriles is 1. The average Bonchev–Trinajstić information content (AvgIpc) is 2.85. The Balaban J connectivity index is 1.81. The van der Waals surface area contributed by atoms with E-state index in [1.54, 1.807) is 30.6 Å². The molecule has 0 spiro atoms. The van der Waals surface area contributed by atoms with Gasteiger partial charge in [-0.3, -0.25) is 9.78 Å². The number of ether oxygens (including phenoxy) is 2. The molecule has 0 unspecified atom stereocenters. The van der Waals surface area contributed by atoms with Gasteiger partial charge in [-0.05, 0) is 67.8 Å². The number of pyridine rings is 2. The lowest BCUT2D eigenvalue weighted by Gasteiger charge is -2.17. The van der Waals surface area contributed by atoms with Crippen LogP contribution in [0.1, 0.15) is 32.6 Å². The van der Waals surface area contributed by atoms with Crippen LogP contribution >= 0.6 is 0 Å². The Kier molecular flexibility index (Phi) is 6.74. The predicted octanol–water partition coefficient (Wildman–Crippen LogP) is 5.99. The van der Waals surface area contributed by atoms with Crippen LogP contribution < -0.4 is 14.8 Å². The van der Waals surface area contributed by atoms with Crippen LogP contribution in [0.3, 0.4) is 0 Å². The van der Waals surface area contributed by atoms with Crippen molar-refractivity contribution in [3.63, 3.8) is 0 Å². The Morgan fingerprint density at radius 1 is 0.943 bits per heavy atom. The number of carbonyl (C=O) groups is 1. The number of hydrogen-bond donors (Lipinski definition) is 1. The summed E-state index contributed by atoms with van der Waals surface area (Å²) in [7, 11) is 1.49. The molecule has 1 N–H and O–H groups in total. The van der Waals surface area contributed by atoms with Gasteiger partial charge < -0.3 is 14.8 Å². The molecule has 35 heavy (non-hydrogen) atoms. The van der Waals surface area contributed by atoms with Crippen LogP contribution in [0.25, 0.3) is 11.3 Å². The van der Waals surface area contributed by atoms with E-state index in [2.05, 4.69) is 21.4 Å². The van der Waals surface area contributed by atoms with Crippen molar-refractivity contribution in [2.75, 3.05) is 12.4 Å². The van der Waals surface area contributed by atoms with Crippen molar-refractivity contribution in [3.8, 4) is 34.7 Å². The van der Waals surface area contributed by atoms with E-state index in [1.165, 1.54) is 7.11 Å². The monoisotopic (exact) mass is 464 g/mol. The van der Waals surface area contributed by atoms with Gasteiger partial charge >= 0.3 is 0 Å². The lowest BCUT2D eigenvalue weighted by Crippen LogP contribution is -2.16. The van der Waals surface area contributed by atoms with E-state index >= 15 is 0 Å². The molecule has 1 amide bonds. The highest BCUT2D eigenvalue weighted by Gasteiger charge is 2.23. The number of aryl methyl sites for hydroxylation is 2. The smallest absolute Gasteiger partial charge is 0.261 e. The Bertz CT molecular complexity index is 1440. The second-order valence-corrected chi connectivity index (χ2v) is 8.10. The number of rotatable bonds is 6. The zero-order valence-corrected chi connectivity index (χ0v) is 19.9. The van der Waals surface area contributed by atoms with Gasteiger partial charge in [-0.15, -0.1) is 0 Å². The molecule has 2 heterocycles. The van der Waals surface area contributed by atoms with Crippen molar-refractivity contribution in [3.05, 3.63) is 94.8 Å². The van der Waals surface area contributed by atoms with Crippen LogP contribution in [-0.2, 0) is 0 Å². The normalized spacial score (nSPS) is 10.4. The van der Waals surface area contributed by atoms with Crippen molar-refractivity contribution < 1.29 is 14.3 Å². The highest BCUT2D eigenvalue weighted by atomic mass is 16.5. The molecule has 4 aromatic rings. The van der Waals surface area contributed by atoms with E-state index < -0.39 is 0 Å². The minimum absolute atomic E-state index is 0.117. The molecule has 174 valence electrons. The first-order valence-electron chi connectivity index (χ1n) is 11.0. The first-order valence-corrected chi connectivity index (χ1v) is 11.0. The van der Waals surface area contributed by atoms with E-state index in [4.69, 9.17) is 9.47 Å². The molecule has 2 aromatic carbocycles. The summed E-state index contributed by atoms with van der Waals surface area (Å²) >= 11 is 0. The molecule has 0 radical (unpaired) electrons. The number of benzene rings is 2. The maximum absolute atomic E-state index is 13.5. The fourth-order valence-electron chi connectivity index (χ4n) is 3.65. The van der Waals surface area contributed by atoms with Crippen molar-refractivity contribution in [2.24, 2.45) is 0 Å². The van der Waals surface area contributed by atoms with Crippen LogP contribution in [0.2, 0.25) is 0 Å². The maximum Gasteiger partial charge on any atom is 0.261 e. The summed E-state index contributed by atoms with van der Waals surface area (Å²) in [6, 6.07) is 18.3. The van der Waals surface area contributed by atoms with E-state index in [0.717, 1.165) is 16.7 Å². The van der Waals surface area contributed by atoms with Crippen LogP contribution in [-0.4, -0.2) is 23.0 Å². The van der Waals surface area contributed by atoms with Crippen molar-refractivity contribution >= 4 is 11.6 Å². The van der Waals surface area contributed by atoms with E-state index in [9.17, 15) is 10.1 Å². The maximum atomic E-state index is 13.5. The number of nitrogens with one attached hydrogen (secondary N) is 1. The third-order valence-corrected chi connectivity index (χ3v) is 5.49. The molecule has 0 bridgehead atoms. The summed E-state index contributed by atoms with van der Waals surface area (Å²) in [5, 5.41) is 12.1. The lowest BCUT2D eigenvalue weighted by molar-refractivity contribution is 0.102. The van der Waals surface area contributed by atoms with Crippen molar-refractivity contribution in [1.29, 1.82) is 5.26 Å². The fourth-order valence-corrected chi connectivity index (χ4v) is 3.65. The third kappa shape index (κ3) is 5.12. The molecule has 0 aliphatic heterocycles. The van der Waals surface area contributed by atoms with Crippen LogP contribution in [0.15, 0.2) is 67.0 Å². The van der Waals surface area contributed by atoms with E-state index in [1.807, 2.05) is 57.2 Å². The summed E-state index contributed by atoms with van der Waals surface area (Å²) in [5.41, 5.74) is 5.51. The van der Waals surface area contributed by atoms with Gasteiger partial charge in [0.1, 0.15) is 5.56 Å². The molecular weight excluding hydrogens is 440 g/mol. The molecule has 7 nitrogen and oxygen atoms in total. The molecular formula is C28H24N4O3. The zero-order chi connectivity index (χ0) is 24.9. The number of amides is 1. The third-order valence-electron chi connectivity index (χ3n) is 5.49. The second kappa shape index (κ2) is 10.1. The quantitative estimate of drug-likeness (QED) is 0.376. The van der Waals surface area contributed by atoms with Gasteiger partial charge in [0.05, 0.1) is 24.4 Å². The number of nitrogens with zero attached hydrogens (tertiary/aromatic N) is 3. The number of anilines is 1. The van der Waals surface area contributed by atoms with Gasteiger partial charge in [0.2, 0.25) is 5.88 Å². The van der Waals surface area contributed by atoms with Crippen LogP contribution in [0, 0.1) is 32.1 Å². The molecule has 0 saturated carbocycles. The molecule has 0 fully saturated rings. The van der Waals surface area contributed by atoms with Gasteiger partial charge in [0, 0.05) is 29.7 Å². The standard InChI is InChI=1S/C28H24N4O3/c1-17-6-5-7-21(12-17)32-27(33)26-19(3)22(23-10-8-18(2)15-30-23)16-31-28(26)35-24-11-9-20(14-29)13-25(24)34-4/h5-13,15-16H,1-4H3,(H,32,33). The highest BCUT2D eigenvalue weighted by molar-refractivity contribution is 6.08. The van der Waals surface area contributed by atoms with Gasteiger partial charge in [-0.2, -0.15) is 5.26 Å². The predicted molar refractivity (Wildman–Crippen MR) is 134 cm³/mol. The molecule has 7 heteroatoms. The SMILES string of the molecule is COc1cc(C#N)ccc1Oc1ncc(-c2ccc(C)cn2)c(C)c1C(=O)Nc1cccc(C)c1. The second-order valence-electron chi connectivity index (χ2n) is 8.10. The minimum Gasteiger partial charge on any atom is -0.493 e. The molecule has 0 aliphatic carbocycles. The van der Waals surface area contributed by atoms with Crippen LogP contribution in [0.5, 0.6) is 17.4 Å². The van der Waals surface area contributed by atoms with Gasteiger partial charge in [0.25, 0.3) is 5.91 Å². The highest BCUT2D eigenvalue weighted by Crippen LogP contribution is 2.36. The van der Waals surface area contributed by atoms with Gasteiger partial charge in [-0.1, -0.05) is 18.2 Å². The Labute approximate surface area is 204 Å². The van der Waals surface area contributed by atoms with Crippen molar-refractivity contribution in [1.82, 2.24) is 9.97 Å². The minimum atomic E-state index is -0.364. The molecule has 0 aliphatic rings. The first kappa shape index (κ1) is 23.5. The number of methoxy groups -OCH3 is 1. The number of aromatic nitrogens is 2. The van der Waals surface area contributed by atoms with Crippen molar-refractivity contribution in [2.45, 2.75) is 20.8 Å². The number of hydrogen-bond acceptors (Lipinski definition) is 6. The summed E-state index contributed by atoms with van der Waals surface area (Å²) in [4.78, 5) is 22.5. The largest absolute Gasteiger partial charge is 0.493 e. The summed E-state index contributed by atoms with van der Waals surface area (Å²) in [5.74, 6) is 0.450. The number of carbonyl (C=O) groups excluding carboxylic acids is 1. The summed E-state index contributed by atoms with van der Waals surface area (Å²) in [6.07, 6.45) is 3.41. The molecule has 2 aromatic heterocycles. The Hall–Kier alpha value is -4.70. The molecule has 0 saturated heterocycles. The lowest BCUT2D eigenvalue weighted by atomic mass is 10.0. The van der Waals surface area contributed by atoms with E-state index in [0.29, 0.717) is 34.0 Å². The van der Waals surface area contributed by atoms with Gasteiger partial charge in [-0.25, -0.2) is 4.98 Å². The molecule has 0 atom stereocenters. The van der Waals surface area contributed by atoms with E-state index in [-0.39, 0.29) is 17.4 Å². The zero-order valence-electron chi connectivity index (χ0n) is 19.9. The van der Waals surface area contributed by atoms with Gasteiger partial charge in [0.15, 0.2) is 11.5 Å². The topological polar surface area (TPSA) is 97.1 Å². The first-order chi connectivity index (χ1) is 16.9.